The molecule has 0 saturated carbocycles. The summed E-state index contributed by atoms with van der Waals surface area (Å²) in [5.41, 5.74) is 2.47. The number of rotatable bonds is 6. The van der Waals surface area contributed by atoms with Crippen molar-refractivity contribution in [3.8, 4) is 0 Å². The Morgan fingerprint density at radius 3 is 3.09 bits per heavy atom. The summed E-state index contributed by atoms with van der Waals surface area (Å²) in [6.07, 6.45) is 4.99. The van der Waals surface area contributed by atoms with Gasteiger partial charge in [0.15, 0.2) is 0 Å². The lowest BCUT2D eigenvalue weighted by Gasteiger charge is -2.10. The molecule has 1 aromatic heterocycles. The van der Waals surface area contributed by atoms with Gasteiger partial charge < -0.3 is 20.4 Å². The number of hydrogen-bond donors (Lipinski definition) is 3. The van der Waals surface area contributed by atoms with E-state index in [1.165, 1.54) is 16.5 Å². The van der Waals surface area contributed by atoms with E-state index in [0.29, 0.717) is 19.0 Å². The van der Waals surface area contributed by atoms with E-state index >= 15 is 0 Å². The number of aromatic amines is 1. The average molecular weight is 301 g/mol. The van der Waals surface area contributed by atoms with Gasteiger partial charge in [-0.05, 0) is 30.9 Å². The number of H-pyrrole nitrogens is 1. The van der Waals surface area contributed by atoms with Crippen LogP contribution in [0.3, 0.4) is 0 Å². The molecule has 0 bridgehead atoms. The van der Waals surface area contributed by atoms with Crippen LogP contribution >= 0.6 is 0 Å². The van der Waals surface area contributed by atoms with E-state index in [-0.39, 0.29) is 6.03 Å². The number of carbonyl (C=O) groups excluding carboxylic acids is 1. The first-order valence-corrected chi connectivity index (χ1v) is 7.97. The van der Waals surface area contributed by atoms with Crippen molar-refractivity contribution in [2.45, 2.75) is 19.3 Å². The molecule has 0 aliphatic carbocycles. The lowest BCUT2D eigenvalue weighted by Crippen LogP contribution is -2.38. The summed E-state index contributed by atoms with van der Waals surface area (Å²) in [5, 5.41) is 7.10. The average Bonchev–Trinajstić information content (AvgIpc) is 3.19. The van der Waals surface area contributed by atoms with Gasteiger partial charge in [-0.2, -0.15) is 0 Å². The molecule has 0 radical (unpaired) electrons. The molecule has 2 aromatic rings. The zero-order valence-corrected chi connectivity index (χ0v) is 12.7. The molecule has 118 valence electrons. The van der Waals surface area contributed by atoms with Gasteiger partial charge in [-0.1, -0.05) is 18.2 Å². The summed E-state index contributed by atoms with van der Waals surface area (Å²) < 4.78 is 5.29. The van der Waals surface area contributed by atoms with Crippen LogP contribution < -0.4 is 10.6 Å². The zero-order chi connectivity index (χ0) is 15.2. The van der Waals surface area contributed by atoms with Crippen molar-refractivity contribution in [1.82, 2.24) is 15.6 Å². The van der Waals surface area contributed by atoms with E-state index in [0.717, 1.165) is 32.5 Å². The highest BCUT2D eigenvalue weighted by atomic mass is 16.5. The summed E-state index contributed by atoms with van der Waals surface area (Å²) in [6.45, 7) is 2.97. The van der Waals surface area contributed by atoms with Gasteiger partial charge in [-0.15, -0.1) is 0 Å². The molecular weight excluding hydrogens is 278 g/mol. The molecule has 1 saturated heterocycles. The largest absolute Gasteiger partial charge is 0.381 e. The maximum atomic E-state index is 11.7. The van der Waals surface area contributed by atoms with Gasteiger partial charge in [-0.25, -0.2) is 4.79 Å². The van der Waals surface area contributed by atoms with E-state index in [2.05, 4.69) is 40.0 Å². The Balaban J connectivity index is 1.35. The second kappa shape index (κ2) is 7.31. The summed E-state index contributed by atoms with van der Waals surface area (Å²) in [6, 6.07) is 8.22. The molecule has 22 heavy (non-hydrogen) atoms. The maximum absolute atomic E-state index is 11.7. The summed E-state index contributed by atoms with van der Waals surface area (Å²) in [7, 11) is 0. The van der Waals surface area contributed by atoms with Crippen molar-refractivity contribution in [2.75, 3.05) is 26.3 Å². The molecule has 1 atom stereocenters. The van der Waals surface area contributed by atoms with Crippen LogP contribution in [0.5, 0.6) is 0 Å². The molecule has 3 N–H and O–H groups in total. The van der Waals surface area contributed by atoms with Crippen LogP contribution in [0, 0.1) is 5.92 Å². The van der Waals surface area contributed by atoms with Crippen molar-refractivity contribution in [3.63, 3.8) is 0 Å². The molecular formula is C17H23N3O2. The molecule has 1 aliphatic heterocycles. The van der Waals surface area contributed by atoms with Crippen LogP contribution in [0.4, 0.5) is 4.79 Å². The Hall–Kier alpha value is -2.01. The van der Waals surface area contributed by atoms with Gasteiger partial charge in [0, 0.05) is 42.7 Å². The number of aryl methyl sites for hydroxylation is 1. The fourth-order valence-electron chi connectivity index (χ4n) is 2.86. The third-order valence-electron chi connectivity index (χ3n) is 4.16. The molecule has 3 rings (SSSR count). The van der Waals surface area contributed by atoms with Crippen LogP contribution in [0.2, 0.25) is 0 Å². The van der Waals surface area contributed by atoms with Crippen LogP contribution in [-0.2, 0) is 11.2 Å². The number of benzene rings is 1. The molecule has 5 nitrogen and oxygen atoms in total. The first-order chi connectivity index (χ1) is 10.8. The standard InChI is InChI=1S/C17H23N3O2/c21-17(20-10-13-7-9-22-12-13)18-8-3-4-14-11-19-16-6-2-1-5-15(14)16/h1-2,5-6,11,13,19H,3-4,7-10,12H2,(H2,18,20,21). The second-order valence-corrected chi connectivity index (χ2v) is 5.83. The van der Waals surface area contributed by atoms with Crippen molar-refractivity contribution in [2.24, 2.45) is 5.92 Å². The number of fused-ring (bicyclic) bond motifs is 1. The summed E-state index contributed by atoms with van der Waals surface area (Å²) >= 11 is 0. The van der Waals surface area contributed by atoms with E-state index in [9.17, 15) is 4.79 Å². The molecule has 0 spiro atoms. The highest BCUT2D eigenvalue weighted by molar-refractivity contribution is 5.83. The van der Waals surface area contributed by atoms with Gasteiger partial charge >= 0.3 is 6.03 Å². The van der Waals surface area contributed by atoms with Crippen LogP contribution in [-0.4, -0.2) is 37.3 Å². The third-order valence-corrected chi connectivity index (χ3v) is 4.16. The zero-order valence-electron chi connectivity index (χ0n) is 12.7. The Kier molecular flexibility index (Phi) is 4.96. The highest BCUT2D eigenvalue weighted by Gasteiger charge is 2.15. The van der Waals surface area contributed by atoms with Crippen molar-refractivity contribution < 1.29 is 9.53 Å². The molecule has 1 fully saturated rings. The van der Waals surface area contributed by atoms with Crippen molar-refractivity contribution in [1.29, 1.82) is 0 Å². The van der Waals surface area contributed by atoms with Crippen molar-refractivity contribution in [3.05, 3.63) is 36.0 Å². The Morgan fingerprint density at radius 1 is 1.32 bits per heavy atom. The molecule has 1 aromatic carbocycles. The van der Waals surface area contributed by atoms with Gasteiger partial charge in [-0.3, -0.25) is 0 Å². The number of ether oxygens (including phenoxy) is 1. The second-order valence-electron chi connectivity index (χ2n) is 5.83. The number of para-hydroxylation sites is 1. The first kappa shape index (κ1) is 14.9. The lowest BCUT2D eigenvalue weighted by atomic mass is 10.1. The molecule has 5 heteroatoms. The van der Waals surface area contributed by atoms with Crippen LogP contribution in [0.25, 0.3) is 10.9 Å². The Bertz CT molecular complexity index is 617. The minimum atomic E-state index is -0.0779. The molecule has 2 heterocycles. The number of amides is 2. The lowest BCUT2D eigenvalue weighted by molar-refractivity contribution is 0.185. The topological polar surface area (TPSA) is 66.2 Å². The Labute approximate surface area is 130 Å². The maximum Gasteiger partial charge on any atom is 0.314 e. The van der Waals surface area contributed by atoms with Gasteiger partial charge in [0.2, 0.25) is 0 Å². The summed E-state index contributed by atoms with van der Waals surface area (Å²) in [5.74, 6) is 0.469. The van der Waals surface area contributed by atoms with Crippen LogP contribution in [0.15, 0.2) is 30.5 Å². The monoisotopic (exact) mass is 301 g/mol. The predicted octanol–water partition coefficient (Wildman–Crippen LogP) is 2.44. The first-order valence-electron chi connectivity index (χ1n) is 7.97. The number of carbonyl (C=O) groups is 1. The molecule has 1 unspecified atom stereocenters. The molecule has 1 aliphatic rings. The minimum absolute atomic E-state index is 0.0779. The normalized spacial score (nSPS) is 17.7. The Morgan fingerprint density at radius 2 is 2.23 bits per heavy atom. The number of hydrogen-bond acceptors (Lipinski definition) is 2. The van der Waals surface area contributed by atoms with E-state index in [4.69, 9.17) is 4.74 Å². The third kappa shape index (κ3) is 3.80. The fourth-order valence-corrected chi connectivity index (χ4v) is 2.86. The van der Waals surface area contributed by atoms with Gasteiger partial charge in [0.1, 0.15) is 0 Å². The minimum Gasteiger partial charge on any atom is -0.381 e. The van der Waals surface area contributed by atoms with Crippen LogP contribution in [0.1, 0.15) is 18.4 Å². The highest BCUT2D eigenvalue weighted by Crippen LogP contribution is 2.18. The number of nitrogens with one attached hydrogen (secondary N) is 3. The van der Waals surface area contributed by atoms with Gasteiger partial charge in [0.25, 0.3) is 0 Å². The quantitative estimate of drug-likeness (QED) is 0.717. The fraction of sp³-hybridized carbons (Fsp3) is 0.471. The van der Waals surface area contributed by atoms with E-state index < -0.39 is 0 Å². The number of aromatic nitrogens is 1. The summed E-state index contributed by atoms with van der Waals surface area (Å²) in [4.78, 5) is 15.0. The molecule has 2 amide bonds. The van der Waals surface area contributed by atoms with Gasteiger partial charge in [0.05, 0.1) is 6.61 Å². The van der Waals surface area contributed by atoms with Crippen molar-refractivity contribution >= 4 is 16.9 Å². The van der Waals surface area contributed by atoms with E-state index in [1.807, 2.05) is 6.07 Å². The van der Waals surface area contributed by atoms with E-state index in [1.54, 1.807) is 0 Å². The predicted molar refractivity (Wildman–Crippen MR) is 86.9 cm³/mol. The number of urea groups is 1. The smallest absolute Gasteiger partial charge is 0.314 e. The SMILES string of the molecule is O=C(NCCCc1c[nH]c2ccccc12)NCC1CCOC1.